The topological polar surface area (TPSA) is 75.9 Å². The molecule has 2 aromatic heterocycles. The van der Waals surface area contributed by atoms with Crippen LogP contribution >= 0.6 is 0 Å². The Morgan fingerprint density at radius 2 is 1.89 bits per heavy atom. The molecular weight excluding hydrogens is 350 g/mol. The maximum atomic E-state index is 12.5. The van der Waals surface area contributed by atoms with E-state index in [-0.39, 0.29) is 5.69 Å². The van der Waals surface area contributed by atoms with Crippen molar-refractivity contribution in [3.63, 3.8) is 0 Å². The summed E-state index contributed by atoms with van der Waals surface area (Å²) >= 11 is 0. The zero-order valence-corrected chi connectivity index (χ0v) is 15.9. The molecule has 0 aliphatic rings. The van der Waals surface area contributed by atoms with Gasteiger partial charge in [-0.3, -0.25) is 9.56 Å². The van der Waals surface area contributed by atoms with Gasteiger partial charge in [0, 0.05) is 5.56 Å². The fraction of sp³-hybridized carbons (Fsp3) is 0.182. The van der Waals surface area contributed by atoms with Gasteiger partial charge < -0.3 is 4.98 Å². The highest BCUT2D eigenvalue weighted by molar-refractivity contribution is 5.73. The highest BCUT2D eigenvalue weighted by atomic mass is 16.1. The van der Waals surface area contributed by atoms with Gasteiger partial charge in [0.05, 0.1) is 18.4 Å². The number of hydrogen-bond donors (Lipinski definition) is 1. The zero-order chi connectivity index (χ0) is 19.7. The second-order valence-corrected chi connectivity index (χ2v) is 7.01. The molecule has 0 unspecified atom stereocenters. The number of H-pyrrole nitrogens is 1. The van der Waals surface area contributed by atoms with Gasteiger partial charge in [-0.05, 0) is 35.9 Å². The molecule has 0 fully saturated rings. The summed E-state index contributed by atoms with van der Waals surface area (Å²) in [7, 11) is 0. The minimum atomic E-state index is -0.204. The molecule has 0 aliphatic heterocycles. The second kappa shape index (κ2) is 7.23. The maximum absolute atomic E-state index is 12.5. The lowest BCUT2D eigenvalue weighted by atomic mass is 9.97. The number of aliphatic imine (C=N–C) groups is 1. The van der Waals surface area contributed by atoms with E-state index in [1.807, 2.05) is 42.5 Å². The number of nitrogens with one attached hydrogen (secondary N) is 1. The molecule has 0 saturated carbocycles. The van der Waals surface area contributed by atoms with Gasteiger partial charge in [-0.1, -0.05) is 50.2 Å². The monoisotopic (exact) mass is 371 g/mol. The van der Waals surface area contributed by atoms with Crippen molar-refractivity contribution in [1.82, 2.24) is 19.5 Å². The molecule has 28 heavy (non-hydrogen) atoms. The van der Waals surface area contributed by atoms with Crippen LogP contribution in [0.15, 0.2) is 64.5 Å². The first-order chi connectivity index (χ1) is 13.6. The van der Waals surface area contributed by atoms with Crippen LogP contribution in [-0.2, 0) is 6.54 Å². The summed E-state index contributed by atoms with van der Waals surface area (Å²) in [6.45, 7) is 8.23. The average molecular weight is 371 g/mol. The first-order valence-electron chi connectivity index (χ1n) is 9.17. The van der Waals surface area contributed by atoms with Crippen molar-refractivity contribution in [1.29, 1.82) is 0 Å². The molecule has 4 rings (SSSR count). The summed E-state index contributed by atoms with van der Waals surface area (Å²) in [5, 5.41) is 0. The number of imidazole rings is 1. The molecule has 1 N–H and O–H groups in total. The second-order valence-electron chi connectivity index (χ2n) is 7.01. The molecule has 6 nitrogen and oxygen atoms in total. The number of benzene rings is 2. The minimum absolute atomic E-state index is 0.204. The van der Waals surface area contributed by atoms with Crippen molar-refractivity contribution in [3.05, 3.63) is 76.3 Å². The van der Waals surface area contributed by atoms with E-state index in [9.17, 15) is 4.79 Å². The fourth-order valence-corrected chi connectivity index (χ4v) is 3.32. The summed E-state index contributed by atoms with van der Waals surface area (Å²) in [4.78, 5) is 28.5. The SMILES string of the molecule is C=Nc1ccc(Cn2c(=O)[nH]c3cnc(-c4ccccc4C(C)C)nc32)cc1. The first-order valence-corrected chi connectivity index (χ1v) is 9.17. The molecule has 0 amide bonds. The van der Waals surface area contributed by atoms with Gasteiger partial charge in [-0.2, -0.15) is 0 Å². The largest absolute Gasteiger partial charge is 0.328 e. The van der Waals surface area contributed by atoms with Crippen LogP contribution in [0.4, 0.5) is 5.69 Å². The van der Waals surface area contributed by atoms with Gasteiger partial charge in [0.1, 0.15) is 5.52 Å². The van der Waals surface area contributed by atoms with Crippen LogP contribution in [0, 0.1) is 0 Å². The molecule has 6 heteroatoms. The number of nitrogens with zero attached hydrogens (tertiary/aromatic N) is 4. The lowest BCUT2D eigenvalue weighted by molar-refractivity contribution is 0.777. The highest BCUT2D eigenvalue weighted by Gasteiger charge is 2.14. The van der Waals surface area contributed by atoms with Crippen LogP contribution in [0.1, 0.15) is 30.9 Å². The number of fused-ring (bicyclic) bond motifs is 1. The number of aromatic amines is 1. The van der Waals surface area contributed by atoms with Crippen LogP contribution in [0.3, 0.4) is 0 Å². The van der Waals surface area contributed by atoms with Crippen LogP contribution in [-0.4, -0.2) is 26.2 Å². The molecule has 0 saturated heterocycles. The average Bonchev–Trinajstić information content (AvgIpc) is 3.03. The highest BCUT2D eigenvalue weighted by Crippen LogP contribution is 2.27. The van der Waals surface area contributed by atoms with Crippen LogP contribution in [0.2, 0.25) is 0 Å². The Bertz CT molecular complexity index is 1200. The molecule has 0 atom stereocenters. The quantitative estimate of drug-likeness (QED) is 0.532. The molecule has 2 aromatic carbocycles. The van der Waals surface area contributed by atoms with Crippen molar-refractivity contribution in [2.24, 2.45) is 4.99 Å². The standard InChI is InChI=1S/C22H21N5O/c1-14(2)17-6-4-5-7-18(17)20-24-12-19-21(26-20)27(22(28)25-19)13-15-8-10-16(23-3)11-9-15/h4-12,14H,3,13H2,1-2H3,(H,25,28). The van der Waals surface area contributed by atoms with Gasteiger partial charge in [-0.25, -0.2) is 14.8 Å². The molecule has 4 aromatic rings. The van der Waals surface area contributed by atoms with Crippen molar-refractivity contribution in [3.8, 4) is 11.4 Å². The number of hydrogen-bond acceptors (Lipinski definition) is 4. The minimum Gasteiger partial charge on any atom is -0.303 e. The van der Waals surface area contributed by atoms with E-state index in [0.29, 0.717) is 29.5 Å². The molecule has 0 bridgehead atoms. The predicted octanol–water partition coefficient (Wildman–Crippen LogP) is 4.29. The van der Waals surface area contributed by atoms with Gasteiger partial charge >= 0.3 is 5.69 Å². The van der Waals surface area contributed by atoms with Crippen molar-refractivity contribution in [2.75, 3.05) is 0 Å². The summed E-state index contributed by atoms with van der Waals surface area (Å²) in [6.07, 6.45) is 1.68. The van der Waals surface area contributed by atoms with Crippen molar-refractivity contribution >= 4 is 23.6 Å². The Hall–Kier alpha value is -3.54. The third-order valence-electron chi connectivity index (χ3n) is 4.79. The van der Waals surface area contributed by atoms with E-state index in [1.165, 1.54) is 5.56 Å². The van der Waals surface area contributed by atoms with Gasteiger partial charge in [0.25, 0.3) is 0 Å². The summed E-state index contributed by atoms with van der Waals surface area (Å²) in [6, 6.07) is 15.7. The smallest absolute Gasteiger partial charge is 0.303 e. The summed E-state index contributed by atoms with van der Waals surface area (Å²) < 4.78 is 1.63. The normalized spacial score (nSPS) is 11.2. The Balaban J connectivity index is 1.80. The van der Waals surface area contributed by atoms with Crippen LogP contribution in [0.5, 0.6) is 0 Å². The Morgan fingerprint density at radius 1 is 1.14 bits per heavy atom. The Morgan fingerprint density at radius 3 is 2.61 bits per heavy atom. The lowest BCUT2D eigenvalue weighted by Gasteiger charge is -2.11. The molecular formula is C22H21N5O. The van der Waals surface area contributed by atoms with Gasteiger partial charge in [0.2, 0.25) is 0 Å². The lowest BCUT2D eigenvalue weighted by Crippen LogP contribution is -2.17. The van der Waals surface area contributed by atoms with E-state index in [0.717, 1.165) is 16.8 Å². The van der Waals surface area contributed by atoms with E-state index in [2.05, 4.69) is 41.6 Å². The molecule has 2 heterocycles. The van der Waals surface area contributed by atoms with Crippen LogP contribution in [0.25, 0.3) is 22.6 Å². The Labute approximate surface area is 162 Å². The van der Waals surface area contributed by atoms with E-state index in [4.69, 9.17) is 4.98 Å². The molecule has 0 radical (unpaired) electrons. The predicted molar refractivity (Wildman–Crippen MR) is 112 cm³/mol. The van der Waals surface area contributed by atoms with Crippen molar-refractivity contribution in [2.45, 2.75) is 26.3 Å². The van der Waals surface area contributed by atoms with Crippen molar-refractivity contribution < 1.29 is 0 Å². The fourth-order valence-electron chi connectivity index (χ4n) is 3.32. The Kier molecular flexibility index (Phi) is 4.61. The van der Waals surface area contributed by atoms with E-state index >= 15 is 0 Å². The zero-order valence-electron chi connectivity index (χ0n) is 15.9. The first kappa shape index (κ1) is 17.9. The number of aromatic nitrogens is 4. The summed E-state index contributed by atoms with van der Waals surface area (Å²) in [5.41, 5.74) is 4.96. The molecule has 140 valence electrons. The van der Waals surface area contributed by atoms with E-state index in [1.54, 1.807) is 10.8 Å². The third-order valence-corrected chi connectivity index (χ3v) is 4.79. The van der Waals surface area contributed by atoms with Gasteiger partial charge in [0.15, 0.2) is 11.5 Å². The third kappa shape index (κ3) is 3.24. The van der Waals surface area contributed by atoms with Crippen LogP contribution < -0.4 is 5.69 Å². The molecule has 0 aliphatic carbocycles. The number of rotatable bonds is 5. The van der Waals surface area contributed by atoms with Gasteiger partial charge in [-0.15, -0.1) is 0 Å². The molecule has 0 spiro atoms. The maximum Gasteiger partial charge on any atom is 0.328 e. The van der Waals surface area contributed by atoms with E-state index < -0.39 is 0 Å². The summed E-state index contributed by atoms with van der Waals surface area (Å²) in [5.74, 6) is 0.969.